The maximum atomic E-state index is 13.9. The number of amides is 1. The third-order valence-corrected chi connectivity index (χ3v) is 5.94. The number of halogens is 1. The maximum Gasteiger partial charge on any atom is 0.238 e. The van der Waals surface area contributed by atoms with Crippen LogP contribution in [0, 0.1) is 5.82 Å². The zero-order chi connectivity index (χ0) is 26.2. The van der Waals surface area contributed by atoms with E-state index >= 15 is 0 Å². The molecule has 0 bridgehead atoms. The Kier molecular flexibility index (Phi) is 5.81. The minimum atomic E-state index is -0.332. The number of anilines is 1. The fourth-order valence-electron chi connectivity index (χ4n) is 4.27. The number of nitrogens with one attached hydrogen (secondary N) is 3. The van der Waals surface area contributed by atoms with Gasteiger partial charge in [0, 0.05) is 23.5 Å². The number of fused-ring (bicyclic) bond motifs is 2. The highest BCUT2D eigenvalue weighted by molar-refractivity contribution is 5.96. The van der Waals surface area contributed by atoms with E-state index in [9.17, 15) is 9.18 Å². The smallest absolute Gasteiger partial charge is 0.238 e. The minimum absolute atomic E-state index is 0.133. The number of aromatic amines is 2. The summed E-state index contributed by atoms with van der Waals surface area (Å²) in [6.45, 7) is 0.265. The number of hydrogen-bond donors (Lipinski definition) is 3. The maximum absolute atomic E-state index is 13.9. The number of pyridine rings is 3. The molecule has 188 valence electrons. The normalized spacial score (nSPS) is 11.5. The molecule has 0 aliphatic carbocycles. The van der Waals surface area contributed by atoms with E-state index in [2.05, 4.69) is 30.5 Å². The van der Waals surface area contributed by atoms with E-state index in [1.807, 2.05) is 38.4 Å². The van der Waals surface area contributed by atoms with Crippen LogP contribution < -0.4 is 5.32 Å². The van der Waals surface area contributed by atoms with E-state index in [0.29, 0.717) is 50.6 Å². The first-order valence-corrected chi connectivity index (χ1v) is 11.8. The monoisotopic (exact) mass is 507 g/mol. The summed E-state index contributed by atoms with van der Waals surface area (Å²) >= 11 is 0. The van der Waals surface area contributed by atoms with Crippen molar-refractivity contribution >= 4 is 33.7 Å². The van der Waals surface area contributed by atoms with Crippen molar-refractivity contribution < 1.29 is 9.18 Å². The van der Waals surface area contributed by atoms with Crippen LogP contribution in [0.25, 0.3) is 56.0 Å². The fraction of sp³-hybridized carbons (Fsp3) is 0.111. The Morgan fingerprint density at radius 2 is 1.82 bits per heavy atom. The summed E-state index contributed by atoms with van der Waals surface area (Å²) in [5.41, 5.74) is 6.59. The summed E-state index contributed by atoms with van der Waals surface area (Å²) in [5.74, 6) is 0.0388. The minimum Gasteiger partial charge on any atom is -0.335 e. The highest BCUT2D eigenvalue weighted by Crippen LogP contribution is 2.31. The molecule has 6 rings (SSSR count). The number of carbonyl (C=O) groups is 1. The van der Waals surface area contributed by atoms with Crippen LogP contribution >= 0.6 is 0 Å². The molecule has 0 unspecified atom stereocenters. The second-order valence-electron chi connectivity index (χ2n) is 9.09. The van der Waals surface area contributed by atoms with Crippen molar-refractivity contribution in [1.82, 2.24) is 40.0 Å². The van der Waals surface area contributed by atoms with Crippen LogP contribution in [0.4, 0.5) is 10.1 Å². The van der Waals surface area contributed by atoms with Gasteiger partial charge in [0.05, 0.1) is 46.9 Å². The molecular weight excluding hydrogens is 485 g/mol. The molecule has 0 atom stereocenters. The van der Waals surface area contributed by atoms with Crippen molar-refractivity contribution in [2.24, 2.45) is 0 Å². The Balaban J connectivity index is 1.38. The lowest BCUT2D eigenvalue weighted by molar-refractivity contribution is -0.116. The molecule has 0 spiro atoms. The van der Waals surface area contributed by atoms with Crippen LogP contribution in [-0.4, -0.2) is 66.6 Å². The topological polar surface area (TPSA) is 128 Å². The highest BCUT2D eigenvalue weighted by atomic mass is 19.1. The summed E-state index contributed by atoms with van der Waals surface area (Å²) in [6.07, 6.45) is 6.62. The molecule has 0 radical (unpaired) electrons. The molecule has 5 aromatic heterocycles. The van der Waals surface area contributed by atoms with Crippen molar-refractivity contribution in [3.8, 4) is 33.9 Å². The number of H-pyrrole nitrogens is 2. The fourth-order valence-corrected chi connectivity index (χ4v) is 4.27. The summed E-state index contributed by atoms with van der Waals surface area (Å²) in [7, 11) is 3.66. The van der Waals surface area contributed by atoms with E-state index in [1.54, 1.807) is 35.8 Å². The van der Waals surface area contributed by atoms with Crippen molar-refractivity contribution in [2.45, 2.75) is 0 Å². The predicted molar refractivity (Wildman–Crippen MR) is 143 cm³/mol. The lowest BCUT2D eigenvalue weighted by Gasteiger charge is -2.10. The Hall–Kier alpha value is -5.03. The largest absolute Gasteiger partial charge is 0.335 e. The summed E-state index contributed by atoms with van der Waals surface area (Å²) in [6, 6.07) is 11.9. The van der Waals surface area contributed by atoms with Crippen molar-refractivity contribution in [3.63, 3.8) is 0 Å². The lowest BCUT2D eigenvalue weighted by Crippen LogP contribution is -2.27. The van der Waals surface area contributed by atoms with Gasteiger partial charge in [-0.2, -0.15) is 5.10 Å². The van der Waals surface area contributed by atoms with Gasteiger partial charge in [-0.3, -0.25) is 19.9 Å². The lowest BCUT2D eigenvalue weighted by atomic mass is 10.1. The van der Waals surface area contributed by atoms with Crippen LogP contribution in [-0.2, 0) is 4.79 Å². The molecular formula is C27H22FN9O. The van der Waals surface area contributed by atoms with E-state index in [1.165, 1.54) is 12.1 Å². The number of carbonyl (C=O) groups excluding carboxylic acids is 1. The molecule has 0 aliphatic heterocycles. The zero-order valence-corrected chi connectivity index (χ0v) is 20.5. The van der Waals surface area contributed by atoms with E-state index in [0.717, 1.165) is 11.1 Å². The first kappa shape index (κ1) is 23.4. The molecule has 6 aromatic rings. The summed E-state index contributed by atoms with van der Waals surface area (Å²) in [4.78, 5) is 35.4. The molecule has 0 saturated carbocycles. The molecule has 0 saturated heterocycles. The Morgan fingerprint density at radius 3 is 2.66 bits per heavy atom. The molecule has 1 aromatic carbocycles. The standard InChI is InChI=1S/C27H22FN9O/c1-37(2)14-23(38)31-18-9-16(10-29-11-18)20-6-7-21-25(32-20)26(36-35-21)27-33-22-13-30-12-19(24(22)34-27)15-4-3-5-17(28)8-15/h3-13H,14H2,1-2H3,(H,31,38)(H,33,34)(H,35,36). The number of nitrogens with zero attached hydrogens (tertiary/aromatic N) is 6. The predicted octanol–water partition coefficient (Wildman–Crippen LogP) is 4.26. The molecule has 10 nitrogen and oxygen atoms in total. The van der Waals surface area contributed by atoms with E-state index in [4.69, 9.17) is 9.97 Å². The molecule has 5 heterocycles. The number of aromatic nitrogens is 7. The van der Waals surface area contributed by atoms with Crippen molar-refractivity contribution in [1.29, 1.82) is 0 Å². The van der Waals surface area contributed by atoms with Gasteiger partial charge in [-0.25, -0.2) is 14.4 Å². The van der Waals surface area contributed by atoms with Crippen LogP contribution in [0.3, 0.4) is 0 Å². The Labute approximate surface area is 216 Å². The second kappa shape index (κ2) is 9.45. The molecule has 0 aliphatic rings. The average Bonchev–Trinajstić information content (AvgIpc) is 3.52. The number of imidazole rings is 1. The van der Waals surface area contributed by atoms with Crippen LogP contribution in [0.15, 0.2) is 67.3 Å². The van der Waals surface area contributed by atoms with E-state index < -0.39 is 0 Å². The summed E-state index contributed by atoms with van der Waals surface area (Å²) < 4.78 is 13.9. The van der Waals surface area contributed by atoms with Gasteiger partial charge in [0.15, 0.2) is 11.5 Å². The number of hydrogen-bond acceptors (Lipinski definition) is 7. The van der Waals surface area contributed by atoms with Crippen molar-refractivity contribution in [3.05, 3.63) is 73.1 Å². The number of likely N-dealkylation sites (N-methyl/N-ethyl adjacent to an activating group) is 1. The second-order valence-corrected chi connectivity index (χ2v) is 9.09. The van der Waals surface area contributed by atoms with Gasteiger partial charge in [0.25, 0.3) is 0 Å². The molecule has 3 N–H and O–H groups in total. The molecule has 0 fully saturated rings. The van der Waals surface area contributed by atoms with Gasteiger partial charge in [0.1, 0.15) is 11.3 Å². The van der Waals surface area contributed by atoms with E-state index in [-0.39, 0.29) is 18.3 Å². The van der Waals surface area contributed by atoms with Crippen LogP contribution in [0.5, 0.6) is 0 Å². The average molecular weight is 508 g/mol. The number of rotatable bonds is 6. The summed E-state index contributed by atoms with van der Waals surface area (Å²) in [5, 5.41) is 10.3. The molecule has 1 amide bonds. The van der Waals surface area contributed by atoms with Gasteiger partial charge in [-0.15, -0.1) is 0 Å². The number of benzene rings is 1. The van der Waals surface area contributed by atoms with Gasteiger partial charge >= 0.3 is 0 Å². The van der Waals surface area contributed by atoms with Gasteiger partial charge in [-0.05, 0) is 50.0 Å². The molecule has 11 heteroatoms. The Morgan fingerprint density at radius 1 is 0.947 bits per heavy atom. The van der Waals surface area contributed by atoms with Gasteiger partial charge < -0.3 is 15.2 Å². The first-order chi connectivity index (χ1) is 18.4. The third-order valence-electron chi connectivity index (χ3n) is 5.94. The molecule has 38 heavy (non-hydrogen) atoms. The van der Waals surface area contributed by atoms with Gasteiger partial charge in [0.2, 0.25) is 5.91 Å². The van der Waals surface area contributed by atoms with Gasteiger partial charge in [-0.1, -0.05) is 12.1 Å². The quantitative estimate of drug-likeness (QED) is 0.307. The Bertz CT molecular complexity index is 1810. The van der Waals surface area contributed by atoms with Crippen molar-refractivity contribution in [2.75, 3.05) is 26.0 Å². The third kappa shape index (κ3) is 4.46. The van der Waals surface area contributed by atoms with Crippen LogP contribution in [0.1, 0.15) is 0 Å². The first-order valence-electron chi connectivity index (χ1n) is 11.8. The van der Waals surface area contributed by atoms with Crippen LogP contribution in [0.2, 0.25) is 0 Å². The zero-order valence-electron chi connectivity index (χ0n) is 20.5. The highest BCUT2D eigenvalue weighted by Gasteiger charge is 2.17. The SMILES string of the molecule is CN(C)CC(=O)Nc1cncc(-c2ccc3[nH]nc(-c4nc5c(-c6cccc(F)c6)cncc5[nH]4)c3n2)c1.